The fraction of sp³-hybridized carbons (Fsp3) is 0.742. The van der Waals surface area contributed by atoms with E-state index in [9.17, 15) is 19.8 Å². The SMILES string of the molecule is C=C1CC[C@H](OC(=O)CCC(=O)O)C/C1=C/C=C1\CCC[C@]2(C)[C@@H]([C@H](C)CC[C@@H](O)C(C)(C)O)CC[C@@H]12. The van der Waals surface area contributed by atoms with Gasteiger partial charge in [-0.1, -0.05) is 43.7 Å². The number of carboxylic acids is 1. The van der Waals surface area contributed by atoms with Crippen LogP contribution in [0.4, 0.5) is 0 Å². The fourth-order valence-electron chi connectivity index (χ4n) is 7.12. The van der Waals surface area contributed by atoms with Crippen molar-refractivity contribution >= 4 is 11.9 Å². The van der Waals surface area contributed by atoms with Crippen LogP contribution in [-0.2, 0) is 14.3 Å². The summed E-state index contributed by atoms with van der Waals surface area (Å²) < 4.78 is 5.56. The summed E-state index contributed by atoms with van der Waals surface area (Å²) >= 11 is 0. The molecule has 0 saturated heterocycles. The summed E-state index contributed by atoms with van der Waals surface area (Å²) in [6, 6.07) is 0. The van der Waals surface area contributed by atoms with E-state index in [1.54, 1.807) is 13.8 Å². The molecule has 6 heteroatoms. The molecular formula is C31H48O6. The van der Waals surface area contributed by atoms with Crippen LogP contribution in [0.15, 0.2) is 35.5 Å². The number of esters is 1. The van der Waals surface area contributed by atoms with E-state index in [1.807, 2.05) is 0 Å². The summed E-state index contributed by atoms with van der Waals surface area (Å²) in [6.45, 7) is 12.4. The van der Waals surface area contributed by atoms with Crippen LogP contribution in [0.5, 0.6) is 0 Å². The molecule has 37 heavy (non-hydrogen) atoms. The predicted octanol–water partition coefficient (Wildman–Crippen LogP) is 6.12. The Bertz CT molecular complexity index is 909. The third-order valence-electron chi connectivity index (χ3n) is 9.45. The van der Waals surface area contributed by atoms with Gasteiger partial charge in [-0.2, -0.15) is 0 Å². The first kappa shape index (κ1) is 29.6. The van der Waals surface area contributed by atoms with Gasteiger partial charge in [0.15, 0.2) is 0 Å². The zero-order valence-electron chi connectivity index (χ0n) is 23.3. The van der Waals surface area contributed by atoms with Gasteiger partial charge in [-0.3, -0.25) is 9.59 Å². The third-order valence-corrected chi connectivity index (χ3v) is 9.45. The van der Waals surface area contributed by atoms with E-state index in [1.165, 1.54) is 31.3 Å². The first-order valence-corrected chi connectivity index (χ1v) is 14.2. The molecular weight excluding hydrogens is 468 g/mol. The number of aliphatic carboxylic acids is 1. The second-order valence-corrected chi connectivity index (χ2v) is 12.6. The number of carbonyl (C=O) groups is 2. The van der Waals surface area contributed by atoms with Crippen LogP contribution in [0.25, 0.3) is 0 Å². The highest BCUT2D eigenvalue weighted by Crippen LogP contribution is 2.60. The Morgan fingerprint density at radius 2 is 1.89 bits per heavy atom. The highest BCUT2D eigenvalue weighted by molar-refractivity contribution is 5.76. The molecule has 0 aromatic heterocycles. The van der Waals surface area contributed by atoms with E-state index in [0.717, 1.165) is 36.8 Å². The van der Waals surface area contributed by atoms with Gasteiger partial charge in [0.25, 0.3) is 0 Å². The monoisotopic (exact) mass is 516 g/mol. The molecule has 0 aromatic carbocycles. The molecule has 6 nitrogen and oxygen atoms in total. The lowest BCUT2D eigenvalue weighted by atomic mass is 9.60. The highest BCUT2D eigenvalue weighted by Gasteiger charge is 2.50. The van der Waals surface area contributed by atoms with Crippen molar-refractivity contribution in [1.29, 1.82) is 0 Å². The molecule has 3 saturated carbocycles. The molecule has 0 amide bonds. The van der Waals surface area contributed by atoms with E-state index in [-0.39, 0.29) is 24.4 Å². The Morgan fingerprint density at radius 1 is 1.16 bits per heavy atom. The van der Waals surface area contributed by atoms with E-state index >= 15 is 0 Å². The van der Waals surface area contributed by atoms with Gasteiger partial charge in [0, 0.05) is 6.42 Å². The first-order chi connectivity index (χ1) is 17.3. The normalized spacial score (nSPS) is 32.3. The van der Waals surface area contributed by atoms with Crippen molar-refractivity contribution in [3.05, 3.63) is 35.5 Å². The van der Waals surface area contributed by atoms with Gasteiger partial charge in [0.05, 0.1) is 24.5 Å². The van der Waals surface area contributed by atoms with Crippen molar-refractivity contribution in [2.75, 3.05) is 0 Å². The summed E-state index contributed by atoms with van der Waals surface area (Å²) in [5.74, 6) is 0.241. The fourth-order valence-corrected chi connectivity index (χ4v) is 7.12. The molecule has 0 aliphatic heterocycles. The average Bonchev–Trinajstić information content (AvgIpc) is 3.18. The van der Waals surface area contributed by atoms with Gasteiger partial charge in [0.2, 0.25) is 0 Å². The van der Waals surface area contributed by atoms with Crippen LogP contribution < -0.4 is 0 Å². The molecule has 0 unspecified atom stereocenters. The summed E-state index contributed by atoms with van der Waals surface area (Å²) in [6.07, 6.45) is 12.9. The number of aliphatic hydroxyl groups excluding tert-OH is 1. The summed E-state index contributed by atoms with van der Waals surface area (Å²) in [5, 5.41) is 29.2. The molecule has 3 N–H and O–H groups in total. The Morgan fingerprint density at radius 3 is 2.57 bits per heavy atom. The maximum Gasteiger partial charge on any atom is 0.306 e. The lowest BCUT2D eigenvalue weighted by Crippen LogP contribution is -2.38. The van der Waals surface area contributed by atoms with Crippen LogP contribution >= 0.6 is 0 Å². The number of hydrogen-bond donors (Lipinski definition) is 3. The number of ether oxygens (including phenoxy) is 1. The van der Waals surface area contributed by atoms with Gasteiger partial charge in [-0.25, -0.2) is 0 Å². The Labute approximate surface area is 222 Å². The molecule has 208 valence electrons. The minimum atomic E-state index is -1.06. The zero-order chi connectivity index (χ0) is 27.4. The third kappa shape index (κ3) is 7.57. The topological polar surface area (TPSA) is 104 Å². The second-order valence-electron chi connectivity index (χ2n) is 12.6. The summed E-state index contributed by atoms with van der Waals surface area (Å²) in [7, 11) is 0. The Balaban J connectivity index is 1.65. The molecule has 3 aliphatic rings. The summed E-state index contributed by atoms with van der Waals surface area (Å²) in [4.78, 5) is 22.7. The maximum absolute atomic E-state index is 12.0. The van der Waals surface area contributed by atoms with E-state index in [2.05, 4.69) is 32.6 Å². The van der Waals surface area contributed by atoms with E-state index < -0.39 is 23.6 Å². The smallest absolute Gasteiger partial charge is 0.306 e. The van der Waals surface area contributed by atoms with Gasteiger partial charge < -0.3 is 20.1 Å². The van der Waals surface area contributed by atoms with Crippen LogP contribution in [0.3, 0.4) is 0 Å². The largest absolute Gasteiger partial charge is 0.481 e. The molecule has 3 aliphatic carbocycles. The van der Waals surface area contributed by atoms with Crippen molar-refractivity contribution in [3.63, 3.8) is 0 Å². The number of carboxylic acid groups (broad SMARTS) is 1. The number of aliphatic hydroxyl groups is 2. The molecule has 3 fully saturated rings. The first-order valence-electron chi connectivity index (χ1n) is 14.2. The Kier molecular flexibility index (Phi) is 9.85. The standard InChI is InChI=1S/C31H48O6/c1-20-8-12-24(37-29(35)17-16-28(33)34)19-23(20)11-10-22-7-6-18-31(5)25(13-14-26(22)31)21(2)9-15-27(32)30(3,4)36/h10-11,21,24-27,32,36H,1,6-9,12-19H2,2-5H3,(H,33,34)/b22-10+,23-11-/t21-,24+,25-,26+,27-,31-/m1/s1. The molecule has 3 rings (SSSR count). The predicted molar refractivity (Wildman–Crippen MR) is 145 cm³/mol. The minimum absolute atomic E-state index is 0.0908. The van der Waals surface area contributed by atoms with Crippen molar-refractivity contribution in [1.82, 2.24) is 0 Å². The van der Waals surface area contributed by atoms with Crippen LogP contribution in [-0.4, -0.2) is 45.1 Å². The second kappa shape index (κ2) is 12.3. The van der Waals surface area contributed by atoms with Gasteiger partial charge in [-0.15, -0.1) is 0 Å². The van der Waals surface area contributed by atoms with Crippen molar-refractivity contribution in [3.8, 4) is 0 Å². The van der Waals surface area contributed by atoms with Gasteiger partial charge in [-0.05, 0) is 100 Å². The minimum Gasteiger partial charge on any atom is -0.481 e. The molecule has 6 atom stereocenters. The molecule has 0 radical (unpaired) electrons. The lowest BCUT2D eigenvalue weighted by Gasteiger charge is -2.44. The number of hydrogen-bond acceptors (Lipinski definition) is 5. The number of allylic oxidation sites excluding steroid dienone is 4. The number of carbonyl (C=O) groups excluding carboxylic acids is 1. The Hall–Kier alpha value is -1.92. The highest BCUT2D eigenvalue weighted by atomic mass is 16.5. The average molecular weight is 517 g/mol. The number of fused-ring (bicyclic) bond motifs is 1. The number of rotatable bonds is 10. The van der Waals surface area contributed by atoms with Crippen LogP contribution in [0, 0.1) is 23.2 Å². The van der Waals surface area contributed by atoms with Gasteiger partial charge in [0.1, 0.15) is 6.10 Å². The van der Waals surface area contributed by atoms with Gasteiger partial charge >= 0.3 is 11.9 Å². The molecule has 0 heterocycles. The maximum atomic E-state index is 12.0. The zero-order valence-corrected chi connectivity index (χ0v) is 23.3. The van der Waals surface area contributed by atoms with Crippen LogP contribution in [0.2, 0.25) is 0 Å². The lowest BCUT2D eigenvalue weighted by molar-refractivity contribution is -0.152. The van der Waals surface area contributed by atoms with Crippen LogP contribution in [0.1, 0.15) is 105 Å². The van der Waals surface area contributed by atoms with E-state index in [0.29, 0.717) is 30.6 Å². The van der Waals surface area contributed by atoms with E-state index in [4.69, 9.17) is 9.84 Å². The van der Waals surface area contributed by atoms with Crippen molar-refractivity contribution in [2.24, 2.45) is 23.2 Å². The van der Waals surface area contributed by atoms with Crippen molar-refractivity contribution in [2.45, 2.75) is 123 Å². The quantitative estimate of drug-likeness (QED) is 0.302. The van der Waals surface area contributed by atoms with Crippen molar-refractivity contribution < 1.29 is 29.6 Å². The summed E-state index contributed by atoms with van der Waals surface area (Å²) in [5.41, 5.74) is 2.94. The molecule has 0 bridgehead atoms. The molecule has 0 aromatic rings. The molecule has 0 spiro atoms.